The summed E-state index contributed by atoms with van der Waals surface area (Å²) in [5.74, 6) is 1.37. The van der Waals surface area contributed by atoms with Crippen LogP contribution in [0.1, 0.15) is 138 Å². The molecule has 0 aromatic rings. The molecule has 0 spiro atoms. The number of aliphatic hydroxyl groups excluding tert-OH is 1. The second-order valence-corrected chi connectivity index (χ2v) is 14.3. The Kier molecular flexibility index (Phi) is 9.42. The Morgan fingerprint density at radius 1 is 0.829 bits per heavy atom. The van der Waals surface area contributed by atoms with Crippen molar-refractivity contribution >= 4 is 0 Å². The predicted octanol–water partition coefficient (Wildman–Crippen LogP) is 7.88. The van der Waals surface area contributed by atoms with E-state index in [1.807, 2.05) is 27.7 Å². The van der Waals surface area contributed by atoms with Crippen molar-refractivity contribution in [2.45, 2.75) is 155 Å². The second-order valence-electron chi connectivity index (χ2n) is 14.3. The standard InChI is InChI=1S/C32H56O3/c1-29(2,34)18-9-20-31(5,21-10-19-30(3,4)35)28-17-16-27-25(12-8-22-32(27,28)6)15-14-24-11-7-13-26(33)23-24/h14-15,26-28,33-35H,7-13,16-23H2,1-6H3/b24-14-,25-15+/t26-,27?,28?,32-/m0/s1. The van der Waals surface area contributed by atoms with Gasteiger partial charge < -0.3 is 15.3 Å². The number of fused-ring (bicyclic) bond motifs is 1. The highest BCUT2D eigenvalue weighted by molar-refractivity contribution is 5.26. The van der Waals surface area contributed by atoms with Crippen molar-refractivity contribution in [3.8, 4) is 0 Å². The van der Waals surface area contributed by atoms with Crippen molar-refractivity contribution in [3.63, 3.8) is 0 Å². The van der Waals surface area contributed by atoms with Gasteiger partial charge in [-0.05, 0) is 134 Å². The average molecular weight is 489 g/mol. The molecule has 3 aliphatic rings. The average Bonchev–Trinajstić information content (AvgIpc) is 3.08. The normalized spacial score (nSPS) is 32.9. The van der Waals surface area contributed by atoms with E-state index in [0.717, 1.165) is 64.2 Å². The molecule has 0 aliphatic heterocycles. The molecule has 3 rings (SSSR count). The minimum Gasteiger partial charge on any atom is -0.393 e. The van der Waals surface area contributed by atoms with E-state index in [-0.39, 0.29) is 11.5 Å². The van der Waals surface area contributed by atoms with Gasteiger partial charge in [0.2, 0.25) is 0 Å². The third-order valence-corrected chi connectivity index (χ3v) is 9.94. The van der Waals surface area contributed by atoms with Gasteiger partial charge in [-0.3, -0.25) is 0 Å². The molecular weight excluding hydrogens is 432 g/mol. The van der Waals surface area contributed by atoms with Crippen molar-refractivity contribution in [3.05, 3.63) is 23.3 Å². The SMILES string of the molecule is CC(C)(O)CCCC(C)(CCCC(C)(C)O)C1CCC2/C(=C/C=C3/CCC[C@H](O)C3)CCC[C@@]21C. The molecule has 2 unspecified atom stereocenters. The second kappa shape index (κ2) is 11.4. The summed E-state index contributed by atoms with van der Waals surface area (Å²) >= 11 is 0. The van der Waals surface area contributed by atoms with Crippen molar-refractivity contribution in [2.75, 3.05) is 0 Å². The molecule has 0 saturated heterocycles. The zero-order valence-electron chi connectivity index (χ0n) is 23.8. The molecule has 3 saturated carbocycles. The van der Waals surface area contributed by atoms with Gasteiger partial charge in [-0.2, -0.15) is 0 Å². The third kappa shape index (κ3) is 7.92. The Bertz CT molecular complexity index is 730. The molecule has 3 fully saturated rings. The highest BCUT2D eigenvalue weighted by Gasteiger charge is 2.54. The molecule has 0 amide bonds. The van der Waals surface area contributed by atoms with Gasteiger partial charge in [0.15, 0.2) is 0 Å². The lowest BCUT2D eigenvalue weighted by Gasteiger charge is -2.50. The van der Waals surface area contributed by atoms with Crippen LogP contribution in [0.2, 0.25) is 0 Å². The Labute approximate surface area is 216 Å². The number of allylic oxidation sites excluding steroid dienone is 3. The summed E-state index contributed by atoms with van der Waals surface area (Å²) in [5.41, 5.74) is 2.47. The fourth-order valence-corrected chi connectivity index (χ4v) is 8.16. The lowest BCUT2D eigenvalue weighted by Crippen LogP contribution is -2.41. The Hall–Kier alpha value is -0.640. The maximum absolute atomic E-state index is 10.4. The van der Waals surface area contributed by atoms with E-state index in [1.165, 1.54) is 37.7 Å². The van der Waals surface area contributed by atoms with E-state index in [4.69, 9.17) is 0 Å². The summed E-state index contributed by atoms with van der Waals surface area (Å²) in [5, 5.41) is 30.8. The molecule has 3 nitrogen and oxygen atoms in total. The summed E-state index contributed by atoms with van der Waals surface area (Å²) in [6.45, 7) is 12.9. The van der Waals surface area contributed by atoms with Crippen molar-refractivity contribution in [2.24, 2.45) is 22.7 Å². The monoisotopic (exact) mass is 488 g/mol. The molecule has 4 atom stereocenters. The lowest BCUT2D eigenvalue weighted by atomic mass is 9.55. The molecule has 3 N–H and O–H groups in total. The van der Waals surface area contributed by atoms with E-state index < -0.39 is 11.2 Å². The molecule has 202 valence electrons. The van der Waals surface area contributed by atoms with Gasteiger partial charge in [-0.15, -0.1) is 0 Å². The minimum atomic E-state index is -0.600. The highest BCUT2D eigenvalue weighted by atomic mass is 16.3. The van der Waals surface area contributed by atoms with Gasteiger partial charge in [-0.1, -0.05) is 50.0 Å². The molecule has 0 bridgehead atoms. The Balaban J connectivity index is 1.79. The molecule has 35 heavy (non-hydrogen) atoms. The number of rotatable bonds is 10. The van der Waals surface area contributed by atoms with Gasteiger partial charge in [-0.25, -0.2) is 0 Å². The summed E-state index contributed by atoms with van der Waals surface area (Å²) < 4.78 is 0. The molecule has 0 radical (unpaired) electrons. The lowest BCUT2D eigenvalue weighted by molar-refractivity contribution is 0.00529. The van der Waals surface area contributed by atoms with Crippen LogP contribution in [0.15, 0.2) is 23.3 Å². The van der Waals surface area contributed by atoms with Crippen LogP contribution in [0.5, 0.6) is 0 Å². The first-order valence-electron chi connectivity index (χ1n) is 14.7. The van der Waals surface area contributed by atoms with E-state index >= 15 is 0 Å². The first kappa shape index (κ1) is 28.9. The smallest absolute Gasteiger partial charge is 0.0591 e. The molecule has 3 aliphatic carbocycles. The van der Waals surface area contributed by atoms with Crippen LogP contribution in [-0.4, -0.2) is 32.6 Å². The first-order chi connectivity index (χ1) is 16.2. The maximum atomic E-state index is 10.4. The van der Waals surface area contributed by atoms with Gasteiger partial charge in [0.05, 0.1) is 17.3 Å². The van der Waals surface area contributed by atoms with E-state index in [0.29, 0.717) is 17.3 Å². The van der Waals surface area contributed by atoms with E-state index in [1.54, 1.807) is 5.57 Å². The minimum absolute atomic E-state index is 0.144. The topological polar surface area (TPSA) is 60.7 Å². The van der Waals surface area contributed by atoms with E-state index in [9.17, 15) is 15.3 Å². The quantitative estimate of drug-likeness (QED) is 0.293. The molecule has 0 aromatic carbocycles. The fraction of sp³-hybridized carbons (Fsp3) is 0.875. The molecule has 0 aromatic heterocycles. The van der Waals surface area contributed by atoms with Crippen LogP contribution in [0.25, 0.3) is 0 Å². The zero-order valence-corrected chi connectivity index (χ0v) is 23.8. The highest BCUT2D eigenvalue weighted by Crippen LogP contribution is 2.64. The first-order valence-corrected chi connectivity index (χ1v) is 14.7. The number of aliphatic hydroxyl groups is 3. The van der Waals surface area contributed by atoms with Gasteiger partial charge >= 0.3 is 0 Å². The van der Waals surface area contributed by atoms with Crippen LogP contribution in [-0.2, 0) is 0 Å². The molecule has 0 heterocycles. The van der Waals surface area contributed by atoms with Crippen LogP contribution >= 0.6 is 0 Å². The van der Waals surface area contributed by atoms with Crippen molar-refractivity contribution in [1.29, 1.82) is 0 Å². The Morgan fingerprint density at radius 3 is 2.03 bits per heavy atom. The largest absolute Gasteiger partial charge is 0.393 e. The van der Waals surface area contributed by atoms with Crippen LogP contribution in [0.3, 0.4) is 0 Å². The maximum Gasteiger partial charge on any atom is 0.0591 e. The summed E-state index contributed by atoms with van der Waals surface area (Å²) in [6.07, 6.45) is 21.3. The third-order valence-electron chi connectivity index (χ3n) is 9.94. The number of hydrogen-bond acceptors (Lipinski definition) is 3. The van der Waals surface area contributed by atoms with Crippen LogP contribution in [0, 0.1) is 22.7 Å². The number of hydrogen-bond donors (Lipinski definition) is 3. The van der Waals surface area contributed by atoms with Gasteiger partial charge in [0, 0.05) is 0 Å². The fourth-order valence-electron chi connectivity index (χ4n) is 8.16. The molecular formula is C32H56O3. The summed E-state index contributed by atoms with van der Waals surface area (Å²) in [4.78, 5) is 0. The molecule has 3 heteroatoms. The van der Waals surface area contributed by atoms with Gasteiger partial charge in [0.1, 0.15) is 0 Å². The van der Waals surface area contributed by atoms with Crippen molar-refractivity contribution < 1.29 is 15.3 Å². The van der Waals surface area contributed by atoms with Crippen LogP contribution in [0.4, 0.5) is 0 Å². The zero-order chi connectivity index (χ0) is 25.9. The predicted molar refractivity (Wildman–Crippen MR) is 147 cm³/mol. The van der Waals surface area contributed by atoms with Crippen molar-refractivity contribution in [1.82, 2.24) is 0 Å². The summed E-state index contributed by atoms with van der Waals surface area (Å²) in [7, 11) is 0. The summed E-state index contributed by atoms with van der Waals surface area (Å²) in [6, 6.07) is 0. The van der Waals surface area contributed by atoms with Gasteiger partial charge in [0.25, 0.3) is 0 Å². The Morgan fingerprint density at radius 2 is 1.46 bits per heavy atom. The van der Waals surface area contributed by atoms with Crippen LogP contribution < -0.4 is 0 Å². The van der Waals surface area contributed by atoms with E-state index in [2.05, 4.69) is 26.0 Å².